The third-order valence-corrected chi connectivity index (χ3v) is 3.02. The van der Waals surface area contributed by atoms with E-state index in [-0.39, 0.29) is 12.3 Å². The fraction of sp³-hybridized carbons (Fsp3) is 0.125. The normalized spacial score (nSPS) is 11.0. The molecule has 0 saturated heterocycles. The molecule has 8 heteroatoms. The van der Waals surface area contributed by atoms with Crippen molar-refractivity contribution < 1.29 is 22.7 Å². The number of aliphatic imine (C=N–C) groups is 1. The first-order valence-corrected chi connectivity index (χ1v) is 6.76. The van der Waals surface area contributed by atoms with Crippen LogP contribution in [0.15, 0.2) is 47.5 Å². The third kappa shape index (κ3) is 4.48. The van der Waals surface area contributed by atoms with E-state index in [0.717, 1.165) is 12.1 Å². The second-order valence-electron chi connectivity index (χ2n) is 4.79. The van der Waals surface area contributed by atoms with Crippen LogP contribution >= 0.6 is 0 Å². The van der Waals surface area contributed by atoms with Crippen LogP contribution in [0.5, 0.6) is 5.75 Å². The molecule has 0 aliphatic rings. The first kappa shape index (κ1) is 17.3. The van der Waals surface area contributed by atoms with Gasteiger partial charge < -0.3 is 15.8 Å². The highest BCUT2D eigenvalue weighted by molar-refractivity contribution is 5.92. The summed E-state index contributed by atoms with van der Waals surface area (Å²) in [6, 6.07) is 8.92. The molecule has 1 amide bonds. The number of hydrogen-bond donors (Lipinski definition) is 2. The van der Waals surface area contributed by atoms with Crippen LogP contribution in [-0.4, -0.2) is 19.2 Å². The van der Waals surface area contributed by atoms with Crippen LogP contribution in [0.3, 0.4) is 0 Å². The van der Waals surface area contributed by atoms with Crippen LogP contribution in [0.1, 0.15) is 5.56 Å². The molecule has 3 N–H and O–H groups in total. The Kier molecular flexibility index (Phi) is 5.08. The van der Waals surface area contributed by atoms with Crippen LogP contribution in [0.4, 0.5) is 30.2 Å². The lowest BCUT2D eigenvalue weighted by molar-refractivity contribution is -0.137. The Morgan fingerprint density at radius 1 is 1.25 bits per heavy atom. The molecule has 2 aromatic rings. The number of nitrogens with one attached hydrogen (secondary N) is 1. The number of nitrogens with two attached hydrogens (primary N) is 1. The van der Waals surface area contributed by atoms with Gasteiger partial charge in [-0.1, -0.05) is 6.07 Å². The highest BCUT2D eigenvalue weighted by atomic mass is 19.4. The number of hydrogen-bond acceptors (Lipinski definition) is 4. The van der Waals surface area contributed by atoms with Crippen molar-refractivity contribution in [1.29, 1.82) is 0 Å². The maximum absolute atomic E-state index is 12.6. The second-order valence-corrected chi connectivity index (χ2v) is 4.79. The van der Waals surface area contributed by atoms with Gasteiger partial charge in [0.1, 0.15) is 5.75 Å². The highest BCUT2D eigenvalue weighted by Gasteiger charge is 2.30. The number of anilines is 2. The van der Waals surface area contributed by atoms with Crippen LogP contribution < -0.4 is 15.8 Å². The molecule has 0 atom stereocenters. The number of nitrogen functional groups attached to an aromatic ring is 1. The summed E-state index contributed by atoms with van der Waals surface area (Å²) in [4.78, 5) is 15.5. The van der Waals surface area contributed by atoms with Gasteiger partial charge in [0, 0.05) is 11.8 Å². The maximum Gasteiger partial charge on any atom is 0.416 e. The average molecular weight is 337 g/mol. The molecule has 0 unspecified atom stereocenters. The molecule has 0 saturated carbocycles. The van der Waals surface area contributed by atoms with Gasteiger partial charge in [0.15, 0.2) is 6.61 Å². The monoisotopic (exact) mass is 337 g/mol. The molecule has 2 aromatic carbocycles. The molecular weight excluding hydrogens is 323 g/mol. The molecule has 126 valence electrons. The van der Waals surface area contributed by atoms with E-state index in [1.165, 1.54) is 18.2 Å². The molecule has 0 aliphatic carbocycles. The molecule has 0 aromatic heterocycles. The maximum atomic E-state index is 12.6. The molecular formula is C16H14F3N3O2. The van der Waals surface area contributed by atoms with Crippen molar-refractivity contribution in [3.63, 3.8) is 0 Å². The summed E-state index contributed by atoms with van der Waals surface area (Å²) >= 11 is 0. The molecule has 24 heavy (non-hydrogen) atoms. The summed E-state index contributed by atoms with van der Waals surface area (Å²) < 4.78 is 43.1. The van der Waals surface area contributed by atoms with E-state index >= 15 is 0 Å². The first-order valence-electron chi connectivity index (χ1n) is 6.76. The van der Waals surface area contributed by atoms with E-state index in [4.69, 9.17) is 10.5 Å². The van der Waals surface area contributed by atoms with Gasteiger partial charge in [0.25, 0.3) is 5.91 Å². The number of alkyl halides is 3. The predicted molar refractivity (Wildman–Crippen MR) is 85.6 cm³/mol. The Labute approximate surface area is 136 Å². The minimum absolute atomic E-state index is 0.0316. The fourth-order valence-electron chi connectivity index (χ4n) is 1.87. The minimum atomic E-state index is -4.48. The summed E-state index contributed by atoms with van der Waals surface area (Å²) in [6.07, 6.45) is -4.48. The van der Waals surface area contributed by atoms with Gasteiger partial charge in [-0.05, 0) is 37.0 Å². The summed E-state index contributed by atoms with van der Waals surface area (Å²) in [6.45, 7) is 2.98. The van der Waals surface area contributed by atoms with Gasteiger partial charge in [-0.2, -0.15) is 13.2 Å². The number of nitrogens with zero attached hydrogens (tertiary/aromatic N) is 1. The molecule has 0 heterocycles. The van der Waals surface area contributed by atoms with E-state index < -0.39 is 17.6 Å². The number of carbonyl (C=O) groups excluding carboxylic acids is 1. The van der Waals surface area contributed by atoms with Gasteiger partial charge in [-0.15, -0.1) is 0 Å². The third-order valence-electron chi connectivity index (χ3n) is 3.02. The number of benzene rings is 2. The van der Waals surface area contributed by atoms with Crippen LogP contribution in [0.25, 0.3) is 0 Å². The van der Waals surface area contributed by atoms with Crippen molar-refractivity contribution in [2.45, 2.75) is 6.18 Å². The van der Waals surface area contributed by atoms with Crippen molar-refractivity contribution in [3.05, 3.63) is 48.0 Å². The Hall–Kier alpha value is -3.03. The van der Waals surface area contributed by atoms with E-state index in [9.17, 15) is 18.0 Å². The Balaban J connectivity index is 1.98. The topological polar surface area (TPSA) is 76.7 Å². The standard InChI is InChI=1S/C16H14F3N3O2/c1-21-14-8-12(5-6-13(14)20)24-9-15(23)22-11-4-2-3-10(7-11)16(17,18)19/h2-8H,1,9,20H2,(H,22,23). The zero-order chi connectivity index (χ0) is 17.7. The van der Waals surface area contributed by atoms with Crippen LogP contribution in [0.2, 0.25) is 0 Å². The predicted octanol–water partition coefficient (Wildman–Crippen LogP) is 3.64. The van der Waals surface area contributed by atoms with Crippen molar-refractivity contribution >= 4 is 29.7 Å². The zero-order valence-corrected chi connectivity index (χ0v) is 12.4. The van der Waals surface area contributed by atoms with Crippen LogP contribution in [0, 0.1) is 0 Å². The molecule has 0 bridgehead atoms. The lowest BCUT2D eigenvalue weighted by atomic mass is 10.2. The van der Waals surface area contributed by atoms with Gasteiger partial charge in [0.2, 0.25) is 0 Å². The molecule has 0 fully saturated rings. The quantitative estimate of drug-likeness (QED) is 0.646. The Bertz CT molecular complexity index is 760. The average Bonchev–Trinajstić information content (AvgIpc) is 2.53. The minimum Gasteiger partial charge on any atom is -0.484 e. The van der Waals surface area contributed by atoms with E-state index in [0.29, 0.717) is 17.1 Å². The molecule has 0 spiro atoms. The fourth-order valence-corrected chi connectivity index (χ4v) is 1.87. The summed E-state index contributed by atoms with van der Waals surface area (Å²) in [5.41, 5.74) is 5.65. The van der Waals surface area contributed by atoms with Crippen molar-refractivity contribution in [3.8, 4) is 5.75 Å². The van der Waals surface area contributed by atoms with Gasteiger partial charge in [-0.3, -0.25) is 9.79 Å². The highest BCUT2D eigenvalue weighted by Crippen LogP contribution is 2.30. The second kappa shape index (κ2) is 7.03. The number of carbonyl (C=O) groups is 1. The Morgan fingerprint density at radius 2 is 2.00 bits per heavy atom. The van der Waals surface area contributed by atoms with Gasteiger partial charge in [0.05, 0.1) is 16.9 Å². The number of ether oxygens (including phenoxy) is 1. The first-order chi connectivity index (χ1) is 11.3. The molecule has 5 nitrogen and oxygen atoms in total. The lowest BCUT2D eigenvalue weighted by Gasteiger charge is -2.11. The number of amides is 1. The Morgan fingerprint density at radius 3 is 2.67 bits per heavy atom. The SMILES string of the molecule is C=Nc1cc(OCC(=O)Nc2cccc(C(F)(F)F)c2)ccc1N. The van der Waals surface area contributed by atoms with E-state index in [1.54, 1.807) is 12.1 Å². The molecule has 0 aliphatic heterocycles. The van der Waals surface area contributed by atoms with Crippen molar-refractivity contribution in [1.82, 2.24) is 0 Å². The number of halogens is 3. The summed E-state index contributed by atoms with van der Waals surface area (Å²) in [7, 11) is 0. The smallest absolute Gasteiger partial charge is 0.416 e. The van der Waals surface area contributed by atoms with E-state index in [2.05, 4.69) is 17.0 Å². The summed E-state index contributed by atoms with van der Waals surface area (Å²) in [5, 5.41) is 2.34. The lowest BCUT2D eigenvalue weighted by Crippen LogP contribution is -2.20. The zero-order valence-electron chi connectivity index (χ0n) is 12.4. The van der Waals surface area contributed by atoms with Gasteiger partial charge >= 0.3 is 6.18 Å². The van der Waals surface area contributed by atoms with Crippen molar-refractivity contribution in [2.24, 2.45) is 4.99 Å². The van der Waals surface area contributed by atoms with Crippen molar-refractivity contribution in [2.75, 3.05) is 17.7 Å². The van der Waals surface area contributed by atoms with E-state index in [1.807, 2.05) is 0 Å². The summed E-state index contributed by atoms with van der Waals surface area (Å²) in [5.74, 6) is -0.259. The van der Waals surface area contributed by atoms with Gasteiger partial charge in [-0.25, -0.2) is 0 Å². The largest absolute Gasteiger partial charge is 0.484 e. The molecule has 0 radical (unpaired) electrons. The van der Waals surface area contributed by atoms with Crippen LogP contribution in [-0.2, 0) is 11.0 Å². The number of rotatable bonds is 5. The molecule has 2 rings (SSSR count).